The van der Waals surface area contributed by atoms with E-state index in [1.807, 2.05) is 0 Å². The first-order valence-corrected chi connectivity index (χ1v) is 6.33. The number of hydrogen-bond donors (Lipinski definition) is 1. The third kappa shape index (κ3) is 1.73. The molecule has 2 atom stereocenters. The zero-order chi connectivity index (χ0) is 11.1. The van der Waals surface area contributed by atoms with E-state index >= 15 is 0 Å². The molecule has 0 aliphatic heterocycles. The topological polar surface area (TPSA) is 54.9 Å². The molecule has 2 fully saturated rings. The zero-order valence-corrected chi connectivity index (χ0v) is 10.3. The molecule has 3 rings (SSSR count). The molecule has 0 radical (unpaired) electrons. The second-order valence-corrected chi connectivity index (χ2v) is 5.31. The van der Waals surface area contributed by atoms with Crippen LogP contribution in [0.3, 0.4) is 0 Å². The maximum absolute atomic E-state index is 11.9. The van der Waals surface area contributed by atoms with Gasteiger partial charge in [0.05, 0.1) is 12.4 Å². The van der Waals surface area contributed by atoms with Crippen molar-refractivity contribution in [1.29, 1.82) is 0 Å². The number of carbonyl (C=O) groups excluding carboxylic acids is 1. The molecule has 0 spiro atoms. The number of rotatable bonds is 2. The van der Waals surface area contributed by atoms with Gasteiger partial charge in [-0.3, -0.25) is 4.79 Å². The minimum Gasteiger partial charge on any atom is -0.309 e. The number of carbonyl (C=O) groups is 1. The van der Waals surface area contributed by atoms with Gasteiger partial charge in [0.15, 0.2) is 5.82 Å². The highest BCUT2D eigenvalue weighted by Crippen LogP contribution is 2.57. The van der Waals surface area contributed by atoms with Gasteiger partial charge < -0.3 is 5.32 Å². The number of fused-ring (bicyclic) bond motifs is 1. The summed E-state index contributed by atoms with van der Waals surface area (Å²) < 4.78 is 0.675. The van der Waals surface area contributed by atoms with Gasteiger partial charge in [-0.05, 0) is 40.6 Å². The maximum atomic E-state index is 11.9. The number of aromatic nitrogens is 2. The number of anilines is 1. The second-order valence-electron chi connectivity index (χ2n) is 4.50. The minimum atomic E-state index is 0.117. The molecule has 2 aliphatic carbocycles. The number of halogens is 1. The van der Waals surface area contributed by atoms with E-state index in [1.54, 1.807) is 12.4 Å². The molecule has 16 heavy (non-hydrogen) atoms. The average molecular weight is 282 g/mol. The van der Waals surface area contributed by atoms with Crippen LogP contribution in [0.5, 0.6) is 0 Å². The Balaban J connectivity index is 1.63. The first kappa shape index (κ1) is 10.2. The fourth-order valence-electron chi connectivity index (χ4n) is 2.80. The smallest absolute Gasteiger partial charge is 0.229 e. The fourth-order valence-corrected chi connectivity index (χ4v) is 3.00. The largest absolute Gasteiger partial charge is 0.309 e. The van der Waals surface area contributed by atoms with Gasteiger partial charge in [0.2, 0.25) is 5.91 Å². The van der Waals surface area contributed by atoms with Gasteiger partial charge in [-0.25, -0.2) is 9.97 Å². The van der Waals surface area contributed by atoms with Crippen LogP contribution in [0.25, 0.3) is 0 Å². The minimum absolute atomic E-state index is 0.117. The van der Waals surface area contributed by atoms with Crippen molar-refractivity contribution in [2.24, 2.45) is 17.8 Å². The van der Waals surface area contributed by atoms with Crippen LogP contribution in [0.4, 0.5) is 5.82 Å². The van der Waals surface area contributed by atoms with Crippen molar-refractivity contribution >= 4 is 27.7 Å². The molecule has 1 amide bonds. The monoisotopic (exact) mass is 281 g/mol. The summed E-state index contributed by atoms with van der Waals surface area (Å²) >= 11 is 3.21. The molecule has 4 nitrogen and oxygen atoms in total. The maximum Gasteiger partial charge on any atom is 0.229 e. The highest BCUT2D eigenvalue weighted by atomic mass is 79.9. The van der Waals surface area contributed by atoms with Gasteiger partial charge in [0.1, 0.15) is 4.60 Å². The lowest BCUT2D eigenvalue weighted by Gasteiger charge is -2.05. The Morgan fingerprint density at radius 2 is 2.06 bits per heavy atom. The van der Waals surface area contributed by atoms with Crippen LogP contribution in [0, 0.1) is 17.8 Å². The average Bonchev–Trinajstić information content (AvgIpc) is 2.76. The third-order valence-electron chi connectivity index (χ3n) is 3.58. The molecular formula is C11H12BrN3O. The highest BCUT2D eigenvalue weighted by Gasteiger charge is 2.56. The number of hydrogen-bond acceptors (Lipinski definition) is 3. The molecule has 2 unspecified atom stereocenters. The molecule has 0 aromatic carbocycles. The number of amides is 1. The van der Waals surface area contributed by atoms with E-state index in [9.17, 15) is 4.79 Å². The number of nitrogens with one attached hydrogen (secondary N) is 1. The molecule has 0 saturated heterocycles. The van der Waals surface area contributed by atoms with E-state index < -0.39 is 0 Å². The lowest BCUT2D eigenvalue weighted by atomic mass is 10.1. The number of nitrogens with zero attached hydrogens (tertiary/aromatic N) is 2. The van der Waals surface area contributed by atoms with E-state index in [0.717, 1.165) is 0 Å². The van der Waals surface area contributed by atoms with Crippen LogP contribution in [0.2, 0.25) is 0 Å². The van der Waals surface area contributed by atoms with Crippen molar-refractivity contribution in [3.8, 4) is 0 Å². The van der Waals surface area contributed by atoms with Crippen molar-refractivity contribution in [2.75, 3.05) is 5.32 Å². The van der Waals surface area contributed by atoms with Crippen molar-refractivity contribution in [2.45, 2.75) is 19.3 Å². The second kappa shape index (κ2) is 3.80. The van der Waals surface area contributed by atoms with Gasteiger partial charge in [-0.1, -0.05) is 6.42 Å². The summed E-state index contributed by atoms with van der Waals surface area (Å²) in [5, 5.41) is 2.83. The van der Waals surface area contributed by atoms with Crippen molar-refractivity contribution in [3.63, 3.8) is 0 Å². The van der Waals surface area contributed by atoms with Crippen LogP contribution >= 0.6 is 15.9 Å². The highest BCUT2D eigenvalue weighted by molar-refractivity contribution is 9.10. The standard InChI is InChI=1S/C11H12BrN3O/c12-8-4-14-9(5-13-8)15-11(16)10-6-2-1-3-7(6)10/h4-7,10H,1-3H2,(H,14,15,16). The van der Waals surface area contributed by atoms with E-state index in [2.05, 4.69) is 31.2 Å². The summed E-state index contributed by atoms with van der Waals surface area (Å²) in [5.41, 5.74) is 0. The molecule has 1 heterocycles. The summed E-state index contributed by atoms with van der Waals surface area (Å²) in [6, 6.07) is 0. The predicted octanol–water partition coefficient (Wildman–Crippen LogP) is 2.22. The van der Waals surface area contributed by atoms with E-state index in [-0.39, 0.29) is 11.8 Å². The van der Waals surface area contributed by atoms with Crippen molar-refractivity contribution in [1.82, 2.24) is 9.97 Å². The summed E-state index contributed by atoms with van der Waals surface area (Å²) in [6.45, 7) is 0. The summed E-state index contributed by atoms with van der Waals surface area (Å²) in [7, 11) is 0. The van der Waals surface area contributed by atoms with Crippen LogP contribution < -0.4 is 5.32 Å². The molecule has 5 heteroatoms. The van der Waals surface area contributed by atoms with Gasteiger partial charge in [0, 0.05) is 5.92 Å². The summed E-state index contributed by atoms with van der Waals surface area (Å²) in [4.78, 5) is 20.0. The third-order valence-corrected chi connectivity index (χ3v) is 3.99. The molecular weight excluding hydrogens is 270 g/mol. The zero-order valence-electron chi connectivity index (χ0n) is 8.69. The molecule has 0 bridgehead atoms. The van der Waals surface area contributed by atoms with Gasteiger partial charge in [-0.15, -0.1) is 0 Å². The molecule has 1 N–H and O–H groups in total. The molecule has 2 saturated carbocycles. The first-order valence-electron chi connectivity index (χ1n) is 5.54. The molecule has 84 valence electrons. The fraction of sp³-hybridized carbons (Fsp3) is 0.545. The Kier molecular flexibility index (Phi) is 2.42. The Morgan fingerprint density at radius 1 is 1.31 bits per heavy atom. The van der Waals surface area contributed by atoms with Gasteiger partial charge in [0.25, 0.3) is 0 Å². The van der Waals surface area contributed by atoms with Crippen LogP contribution in [-0.2, 0) is 4.79 Å². The Hall–Kier alpha value is -0.970. The van der Waals surface area contributed by atoms with Crippen molar-refractivity contribution < 1.29 is 4.79 Å². The van der Waals surface area contributed by atoms with Crippen LogP contribution in [0.15, 0.2) is 17.0 Å². The Bertz CT molecular complexity index is 410. The van der Waals surface area contributed by atoms with E-state index in [0.29, 0.717) is 22.3 Å². The van der Waals surface area contributed by atoms with E-state index in [1.165, 1.54) is 19.3 Å². The summed E-state index contributed by atoms with van der Waals surface area (Å²) in [5.74, 6) is 2.18. The van der Waals surface area contributed by atoms with Gasteiger partial charge >= 0.3 is 0 Å². The van der Waals surface area contributed by atoms with Crippen LogP contribution in [0.1, 0.15) is 19.3 Å². The quantitative estimate of drug-likeness (QED) is 0.905. The molecule has 1 aromatic heterocycles. The lowest BCUT2D eigenvalue weighted by molar-refractivity contribution is -0.118. The Morgan fingerprint density at radius 3 is 2.69 bits per heavy atom. The van der Waals surface area contributed by atoms with Crippen LogP contribution in [-0.4, -0.2) is 15.9 Å². The summed E-state index contributed by atoms with van der Waals surface area (Å²) in [6.07, 6.45) is 6.88. The van der Waals surface area contributed by atoms with E-state index in [4.69, 9.17) is 0 Å². The van der Waals surface area contributed by atoms with Gasteiger partial charge in [-0.2, -0.15) is 0 Å². The lowest BCUT2D eigenvalue weighted by Crippen LogP contribution is -2.17. The SMILES string of the molecule is O=C(Nc1cnc(Br)cn1)C1C2CCCC21. The Labute approximate surface area is 102 Å². The molecule has 1 aromatic rings. The predicted molar refractivity (Wildman–Crippen MR) is 62.7 cm³/mol. The normalized spacial score (nSPS) is 30.9. The first-order chi connectivity index (χ1) is 7.75. The molecule has 2 aliphatic rings. The van der Waals surface area contributed by atoms with Crippen molar-refractivity contribution in [3.05, 3.63) is 17.0 Å².